The van der Waals surface area contributed by atoms with Crippen molar-refractivity contribution in [1.29, 1.82) is 0 Å². The van der Waals surface area contributed by atoms with Gasteiger partial charge in [0.15, 0.2) is 5.69 Å². The van der Waals surface area contributed by atoms with Gasteiger partial charge in [-0.1, -0.05) is 11.6 Å². The van der Waals surface area contributed by atoms with Crippen molar-refractivity contribution in [3.05, 3.63) is 10.7 Å². The number of carbonyl (C=O) groups excluding carboxylic acids is 1. The van der Waals surface area contributed by atoms with Gasteiger partial charge in [-0.05, 0) is 51.6 Å². The van der Waals surface area contributed by atoms with E-state index in [2.05, 4.69) is 9.27 Å². The van der Waals surface area contributed by atoms with E-state index in [9.17, 15) is 4.79 Å². The lowest BCUT2D eigenvalue weighted by Gasteiger charge is -2.27. The molecule has 2 heterocycles. The van der Waals surface area contributed by atoms with Gasteiger partial charge in [0.25, 0.3) is 0 Å². The van der Waals surface area contributed by atoms with E-state index in [1.54, 1.807) is 0 Å². The number of aromatic nitrogens is 1. The fourth-order valence-corrected chi connectivity index (χ4v) is 3.23. The Balaban J connectivity index is 2.15. The first-order valence-corrected chi connectivity index (χ1v) is 7.67. The van der Waals surface area contributed by atoms with Crippen molar-refractivity contribution in [1.82, 2.24) is 4.37 Å². The van der Waals surface area contributed by atoms with Crippen LogP contribution in [-0.2, 0) is 4.74 Å². The van der Waals surface area contributed by atoms with Gasteiger partial charge in [-0.15, -0.1) is 0 Å². The molecule has 1 saturated heterocycles. The molecule has 1 fully saturated rings. The molecule has 0 saturated carbocycles. The van der Waals surface area contributed by atoms with Crippen LogP contribution in [0.1, 0.15) is 50.5 Å². The topological polar surface area (TPSA) is 42.4 Å². The number of carbonyl (C=O) groups is 1. The van der Waals surface area contributed by atoms with Crippen LogP contribution in [0.4, 0.5) is 5.00 Å². The van der Waals surface area contributed by atoms with Crippen LogP contribution in [0.3, 0.4) is 0 Å². The molecule has 0 atom stereocenters. The number of rotatable bonds is 2. The molecular weight excluding hydrogens is 284 g/mol. The Morgan fingerprint density at radius 3 is 2.53 bits per heavy atom. The van der Waals surface area contributed by atoms with Crippen LogP contribution in [0.25, 0.3) is 0 Å². The van der Waals surface area contributed by atoms with Crippen LogP contribution in [0.2, 0.25) is 5.02 Å². The molecular formula is C13H19ClN2O2S. The molecule has 0 spiro atoms. The second-order valence-electron chi connectivity index (χ2n) is 5.70. The van der Waals surface area contributed by atoms with Crippen molar-refractivity contribution in [3.63, 3.8) is 0 Å². The smallest absolute Gasteiger partial charge is 0.360 e. The summed E-state index contributed by atoms with van der Waals surface area (Å²) in [6.07, 6.45) is 3.58. The van der Waals surface area contributed by atoms with Crippen LogP contribution < -0.4 is 4.90 Å². The SMILES string of the molecule is CC(C)(C)OC(=O)c1nsc(N2CCCCC2)c1Cl. The van der Waals surface area contributed by atoms with Gasteiger partial charge in [-0.3, -0.25) is 0 Å². The molecule has 1 aromatic heterocycles. The Morgan fingerprint density at radius 1 is 1.32 bits per heavy atom. The highest BCUT2D eigenvalue weighted by Gasteiger charge is 2.26. The molecule has 0 amide bonds. The Morgan fingerprint density at radius 2 is 1.95 bits per heavy atom. The number of ether oxygens (including phenoxy) is 1. The molecule has 1 aliphatic heterocycles. The molecule has 0 radical (unpaired) electrons. The zero-order valence-corrected chi connectivity index (χ0v) is 13.1. The maximum atomic E-state index is 12.0. The summed E-state index contributed by atoms with van der Waals surface area (Å²) < 4.78 is 9.48. The van der Waals surface area contributed by atoms with Gasteiger partial charge < -0.3 is 9.64 Å². The third-order valence-electron chi connectivity index (χ3n) is 2.85. The van der Waals surface area contributed by atoms with Gasteiger partial charge >= 0.3 is 5.97 Å². The second kappa shape index (κ2) is 5.67. The highest BCUT2D eigenvalue weighted by molar-refractivity contribution is 7.11. The average Bonchev–Trinajstić information content (AvgIpc) is 2.70. The molecule has 0 unspecified atom stereocenters. The van der Waals surface area contributed by atoms with Crippen molar-refractivity contribution < 1.29 is 9.53 Å². The van der Waals surface area contributed by atoms with Crippen molar-refractivity contribution in [2.45, 2.75) is 45.6 Å². The summed E-state index contributed by atoms with van der Waals surface area (Å²) >= 11 is 7.57. The molecule has 6 heteroatoms. The fraction of sp³-hybridized carbons (Fsp3) is 0.692. The Bertz CT molecular complexity index is 462. The number of esters is 1. The van der Waals surface area contributed by atoms with Crippen molar-refractivity contribution in [2.24, 2.45) is 0 Å². The quantitative estimate of drug-likeness (QED) is 0.781. The summed E-state index contributed by atoms with van der Waals surface area (Å²) in [5.74, 6) is -0.447. The third kappa shape index (κ3) is 3.60. The number of hydrogen-bond donors (Lipinski definition) is 0. The van der Waals surface area contributed by atoms with Crippen molar-refractivity contribution in [3.8, 4) is 0 Å². The van der Waals surface area contributed by atoms with Crippen LogP contribution >= 0.6 is 23.1 Å². The van der Waals surface area contributed by atoms with E-state index in [0.29, 0.717) is 5.02 Å². The number of anilines is 1. The highest BCUT2D eigenvalue weighted by Crippen LogP contribution is 2.35. The highest BCUT2D eigenvalue weighted by atomic mass is 35.5. The predicted octanol–water partition coefficient (Wildman–Crippen LogP) is 3.74. The Kier molecular flexibility index (Phi) is 4.36. The van der Waals surface area contributed by atoms with E-state index >= 15 is 0 Å². The minimum absolute atomic E-state index is 0.238. The Hall–Kier alpha value is -0.810. The van der Waals surface area contributed by atoms with Gasteiger partial charge in [-0.25, -0.2) is 4.79 Å². The standard InChI is InChI=1S/C13H19ClN2O2S/c1-13(2,3)18-12(17)10-9(14)11(19-15-10)16-7-5-4-6-8-16/h4-8H2,1-3H3. The van der Waals surface area contributed by atoms with E-state index in [1.807, 2.05) is 20.8 Å². The molecule has 0 aromatic carbocycles. The van der Waals surface area contributed by atoms with Crippen molar-refractivity contribution >= 4 is 34.1 Å². The number of halogens is 1. The van der Waals surface area contributed by atoms with E-state index in [-0.39, 0.29) is 5.69 Å². The second-order valence-corrected chi connectivity index (χ2v) is 6.83. The summed E-state index contributed by atoms with van der Waals surface area (Å²) in [5.41, 5.74) is -0.294. The molecule has 19 heavy (non-hydrogen) atoms. The number of nitrogens with zero attached hydrogens (tertiary/aromatic N) is 2. The van der Waals surface area contributed by atoms with Crippen LogP contribution in [0.15, 0.2) is 0 Å². The Labute approximate surface area is 122 Å². The lowest BCUT2D eigenvalue weighted by Crippen LogP contribution is -2.29. The molecule has 0 aliphatic carbocycles. The molecule has 1 aliphatic rings. The van der Waals surface area contributed by atoms with E-state index < -0.39 is 11.6 Å². The minimum atomic E-state index is -0.532. The van der Waals surface area contributed by atoms with Gasteiger partial charge in [0, 0.05) is 13.1 Å². The van der Waals surface area contributed by atoms with Crippen LogP contribution in [0, 0.1) is 0 Å². The summed E-state index contributed by atoms with van der Waals surface area (Å²) in [6, 6.07) is 0. The van der Waals surface area contributed by atoms with Gasteiger partial charge in [0.1, 0.15) is 15.6 Å². The number of hydrogen-bond acceptors (Lipinski definition) is 5. The first-order valence-electron chi connectivity index (χ1n) is 6.52. The zero-order valence-electron chi connectivity index (χ0n) is 11.5. The lowest BCUT2D eigenvalue weighted by atomic mass is 10.1. The van der Waals surface area contributed by atoms with Gasteiger partial charge in [0.05, 0.1) is 0 Å². The number of piperidine rings is 1. The zero-order chi connectivity index (χ0) is 14.0. The molecule has 0 bridgehead atoms. The third-order valence-corrected chi connectivity index (χ3v) is 4.23. The minimum Gasteiger partial charge on any atom is -0.455 e. The first-order chi connectivity index (χ1) is 8.88. The maximum Gasteiger partial charge on any atom is 0.360 e. The van der Waals surface area contributed by atoms with E-state index in [4.69, 9.17) is 16.3 Å². The summed E-state index contributed by atoms with van der Waals surface area (Å²) in [4.78, 5) is 14.2. The van der Waals surface area contributed by atoms with Crippen molar-refractivity contribution in [2.75, 3.05) is 18.0 Å². The summed E-state index contributed by atoms with van der Waals surface area (Å²) in [7, 11) is 0. The van der Waals surface area contributed by atoms with Crippen LogP contribution in [0.5, 0.6) is 0 Å². The summed E-state index contributed by atoms with van der Waals surface area (Å²) in [5, 5.41) is 1.32. The molecule has 0 N–H and O–H groups in total. The molecule has 1 aromatic rings. The lowest BCUT2D eigenvalue weighted by molar-refractivity contribution is 0.00645. The molecule has 2 rings (SSSR count). The predicted molar refractivity (Wildman–Crippen MR) is 78.4 cm³/mol. The van der Waals surface area contributed by atoms with Crippen LogP contribution in [-0.4, -0.2) is 29.0 Å². The maximum absolute atomic E-state index is 12.0. The fourth-order valence-electron chi connectivity index (χ4n) is 2.02. The molecule has 106 valence electrons. The van der Waals surface area contributed by atoms with E-state index in [0.717, 1.165) is 30.9 Å². The average molecular weight is 303 g/mol. The first kappa shape index (κ1) is 14.6. The largest absolute Gasteiger partial charge is 0.455 e. The van der Waals surface area contributed by atoms with E-state index in [1.165, 1.54) is 18.0 Å². The normalized spacial score (nSPS) is 16.5. The molecule has 4 nitrogen and oxygen atoms in total. The van der Waals surface area contributed by atoms with Gasteiger partial charge in [0.2, 0.25) is 0 Å². The van der Waals surface area contributed by atoms with Gasteiger partial charge in [-0.2, -0.15) is 4.37 Å². The monoisotopic (exact) mass is 302 g/mol. The summed E-state index contributed by atoms with van der Waals surface area (Å²) in [6.45, 7) is 7.45.